The lowest BCUT2D eigenvalue weighted by Crippen LogP contribution is -2.40. The van der Waals surface area contributed by atoms with Gasteiger partial charge in [0.2, 0.25) is 0 Å². The van der Waals surface area contributed by atoms with E-state index in [-0.39, 0.29) is 5.78 Å². The summed E-state index contributed by atoms with van der Waals surface area (Å²) in [7, 11) is 4.72. The third-order valence-electron chi connectivity index (χ3n) is 2.92. The fourth-order valence-electron chi connectivity index (χ4n) is 1.70. The molecule has 0 aliphatic rings. The topological polar surface area (TPSA) is 44.8 Å². The summed E-state index contributed by atoms with van der Waals surface area (Å²) < 4.78 is 15.9. The quantitative estimate of drug-likeness (QED) is 0.571. The normalized spacial score (nSPS) is 13.8. The molecule has 4 heteroatoms. The third kappa shape index (κ3) is 4.20. The number of carbonyl (C=O) groups excluding carboxylic acids is 1. The molecule has 1 unspecified atom stereocenters. The zero-order valence-corrected chi connectivity index (χ0v) is 11.0. The fourth-order valence-corrected chi connectivity index (χ4v) is 1.70. The van der Waals surface area contributed by atoms with Crippen LogP contribution in [0.2, 0.25) is 0 Å². The van der Waals surface area contributed by atoms with E-state index in [0.717, 1.165) is 6.42 Å². The van der Waals surface area contributed by atoms with E-state index in [2.05, 4.69) is 0 Å². The highest BCUT2D eigenvalue weighted by molar-refractivity contribution is 5.83. The van der Waals surface area contributed by atoms with Gasteiger partial charge in [0.05, 0.1) is 0 Å². The Balaban J connectivity index is 4.54. The lowest BCUT2D eigenvalue weighted by Gasteiger charge is -2.32. The van der Waals surface area contributed by atoms with Gasteiger partial charge in [-0.1, -0.05) is 13.8 Å². The first kappa shape index (κ1) is 15.6. The Morgan fingerprint density at radius 3 is 2.06 bits per heavy atom. The summed E-state index contributed by atoms with van der Waals surface area (Å²) in [5.74, 6) is -0.610. The smallest absolute Gasteiger partial charge is 0.170 e. The Morgan fingerprint density at radius 1 is 1.19 bits per heavy atom. The van der Waals surface area contributed by atoms with Gasteiger partial charge in [-0.25, -0.2) is 0 Å². The number of Topliss-reactive ketones (excluding diaryl/α,β-unsaturated/α-hetero) is 1. The van der Waals surface area contributed by atoms with Crippen molar-refractivity contribution in [3.63, 3.8) is 0 Å². The van der Waals surface area contributed by atoms with E-state index in [9.17, 15) is 4.79 Å². The average molecular weight is 232 g/mol. The molecule has 0 aliphatic carbocycles. The first-order valence-corrected chi connectivity index (χ1v) is 5.74. The van der Waals surface area contributed by atoms with Crippen LogP contribution in [0.15, 0.2) is 0 Å². The highest BCUT2D eigenvalue weighted by Gasteiger charge is 2.33. The molecule has 96 valence electrons. The molecular formula is C12H24O4. The van der Waals surface area contributed by atoms with Crippen LogP contribution in [-0.2, 0) is 19.0 Å². The average Bonchev–Trinajstić information content (AvgIpc) is 2.32. The minimum atomic E-state index is -0.718. The molecular weight excluding hydrogens is 208 g/mol. The number of rotatable bonds is 9. The highest BCUT2D eigenvalue weighted by Crippen LogP contribution is 2.24. The van der Waals surface area contributed by atoms with Crippen molar-refractivity contribution >= 4 is 5.78 Å². The molecule has 0 rings (SSSR count). The van der Waals surface area contributed by atoms with Gasteiger partial charge >= 0.3 is 0 Å². The van der Waals surface area contributed by atoms with Gasteiger partial charge in [-0.2, -0.15) is 0 Å². The number of carbonyl (C=O) groups is 1. The molecule has 4 nitrogen and oxygen atoms in total. The largest absolute Gasteiger partial charge is 0.373 e. The van der Waals surface area contributed by atoms with Crippen molar-refractivity contribution in [2.45, 2.75) is 51.4 Å². The van der Waals surface area contributed by atoms with Gasteiger partial charge in [0.1, 0.15) is 6.10 Å². The van der Waals surface area contributed by atoms with Crippen LogP contribution in [0.25, 0.3) is 0 Å². The van der Waals surface area contributed by atoms with Gasteiger partial charge in [0.15, 0.2) is 11.6 Å². The standard InChI is InChI=1S/C12H24O4/c1-6-8-10(13)11(14-3)9-12(7-2,15-4)16-5/h11H,6-9H2,1-5H3. The molecule has 0 aromatic rings. The van der Waals surface area contributed by atoms with Gasteiger partial charge < -0.3 is 14.2 Å². The molecule has 0 fully saturated rings. The van der Waals surface area contributed by atoms with E-state index in [1.807, 2.05) is 13.8 Å². The Kier molecular flexibility index (Phi) is 7.55. The van der Waals surface area contributed by atoms with Crippen LogP contribution in [-0.4, -0.2) is 39.0 Å². The third-order valence-corrected chi connectivity index (χ3v) is 2.92. The Morgan fingerprint density at radius 2 is 1.75 bits per heavy atom. The minimum absolute atomic E-state index is 0.108. The van der Waals surface area contributed by atoms with E-state index in [1.165, 1.54) is 0 Å². The van der Waals surface area contributed by atoms with Crippen LogP contribution in [0.4, 0.5) is 0 Å². The first-order valence-electron chi connectivity index (χ1n) is 5.74. The molecule has 0 aromatic heterocycles. The van der Waals surface area contributed by atoms with Crippen LogP contribution in [0.1, 0.15) is 39.5 Å². The zero-order chi connectivity index (χ0) is 12.6. The predicted octanol–water partition coefficient (Wildman–Crippen LogP) is 2.16. The second-order valence-corrected chi connectivity index (χ2v) is 3.82. The predicted molar refractivity (Wildman–Crippen MR) is 62.4 cm³/mol. The van der Waals surface area contributed by atoms with Crippen molar-refractivity contribution in [2.24, 2.45) is 0 Å². The maximum atomic E-state index is 11.8. The van der Waals surface area contributed by atoms with E-state index >= 15 is 0 Å². The summed E-state index contributed by atoms with van der Waals surface area (Å²) in [6, 6.07) is 0. The van der Waals surface area contributed by atoms with Gasteiger partial charge in [0, 0.05) is 34.2 Å². The first-order chi connectivity index (χ1) is 7.59. The van der Waals surface area contributed by atoms with Crippen LogP contribution in [0.3, 0.4) is 0 Å². The van der Waals surface area contributed by atoms with Gasteiger partial charge in [-0.05, 0) is 12.8 Å². The van der Waals surface area contributed by atoms with Gasteiger partial charge in [-0.3, -0.25) is 4.79 Å². The van der Waals surface area contributed by atoms with Crippen molar-refractivity contribution < 1.29 is 19.0 Å². The van der Waals surface area contributed by atoms with E-state index < -0.39 is 11.9 Å². The number of hydrogen-bond acceptors (Lipinski definition) is 4. The van der Waals surface area contributed by atoms with Crippen molar-refractivity contribution in [1.29, 1.82) is 0 Å². The van der Waals surface area contributed by atoms with Gasteiger partial charge in [0.25, 0.3) is 0 Å². The number of methoxy groups -OCH3 is 3. The second kappa shape index (κ2) is 7.76. The molecule has 1 atom stereocenters. The van der Waals surface area contributed by atoms with Crippen LogP contribution >= 0.6 is 0 Å². The van der Waals surface area contributed by atoms with Crippen LogP contribution < -0.4 is 0 Å². The molecule has 0 bridgehead atoms. The SMILES string of the molecule is CCCC(=O)C(CC(CC)(OC)OC)OC. The molecule has 0 aromatic carbocycles. The Labute approximate surface area is 98.3 Å². The van der Waals surface area contributed by atoms with Crippen LogP contribution in [0.5, 0.6) is 0 Å². The van der Waals surface area contributed by atoms with E-state index in [4.69, 9.17) is 14.2 Å². The molecule has 0 N–H and O–H groups in total. The van der Waals surface area contributed by atoms with Crippen molar-refractivity contribution in [1.82, 2.24) is 0 Å². The Bertz CT molecular complexity index is 191. The van der Waals surface area contributed by atoms with Crippen molar-refractivity contribution in [3.05, 3.63) is 0 Å². The fraction of sp³-hybridized carbons (Fsp3) is 0.917. The number of ketones is 1. The summed E-state index contributed by atoms with van der Waals surface area (Å²) in [6.45, 7) is 3.94. The summed E-state index contributed by atoms with van der Waals surface area (Å²) in [5.41, 5.74) is 0. The molecule has 0 radical (unpaired) electrons. The summed E-state index contributed by atoms with van der Waals surface area (Å²) >= 11 is 0. The summed E-state index contributed by atoms with van der Waals surface area (Å²) in [5, 5.41) is 0. The second-order valence-electron chi connectivity index (χ2n) is 3.82. The maximum Gasteiger partial charge on any atom is 0.170 e. The van der Waals surface area contributed by atoms with Gasteiger partial charge in [-0.15, -0.1) is 0 Å². The molecule has 0 spiro atoms. The number of ether oxygens (including phenoxy) is 3. The van der Waals surface area contributed by atoms with Crippen molar-refractivity contribution in [2.75, 3.05) is 21.3 Å². The molecule has 16 heavy (non-hydrogen) atoms. The summed E-state index contributed by atoms with van der Waals surface area (Å²) in [6.07, 6.45) is 2.04. The molecule has 0 saturated carbocycles. The lowest BCUT2D eigenvalue weighted by molar-refractivity contribution is -0.224. The monoisotopic (exact) mass is 232 g/mol. The minimum Gasteiger partial charge on any atom is -0.373 e. The summed E-state index contributed by atoms with van der Waals surface area (Å²) in [4.78, 5) is 11.8. The van der Waals surface area contributed by atoms with E-state index in [0.29, 0.717) is 19.3 Å². The lowest BCUT2D eigenvalue weighted by atomic mass is 10.00. The van der Waals surface area contributed by atoms with E-state index in [1.54, 1.807) is 21.3 Å². The highest BCUT2D eigenvalue weighted by atomic mass is 16.7. The molecule has 0 aliphatic heterocycles. The molecule has 0 saturated heterocycles. The molecule has 0 amide bonds. The molecule has 0 heterocycles. The Hall–Kier alpha value is -0.450. The van der Waals surface area contributed by atoms with Crippen molar-refractivity contribution in [3.8, 4) is 0 Å². The maximum absolute atomic E-state index is 11.8. The number of hydrogen-bond donors (Lipinski definition) is 0. The van der Waals surface area contributed by atoms with Crippen LogP contribution in [0, 0.1) is 0 Å². The zero-order valence-electron chi connectivity index (χ0n) is 11.0.